The summed E-state index contributed by atoms with van der Waals surface area (Å²) in [5.74, 6) is -0.174. The molecule has 0 aliphatic carbocycles. The number of hydrogen-bond donors (Lipinski definition) is 1. The van der Waals surface area contributed by atoms with Crippen molar-refractivity contribution in [2.24, 2.45) is 7.05 Å². The Morgan fingerprint density at radius 3 is 2.67 bits per heavy atom. The lowest BCUT2D eigenvalue weighted by atomic mass is 10.1. The molecule has 2 aromatic rings. The Labute approximate surface area is 106 Å². The van der Waals surface area contributed by atoms with Crippen LogP contribution < -0.4 is 4.74 Å². The van der Waals surface area contributed by atoms with Crippen LogP contribution in [-0.2, 0) is 13.5 Å². The summed E-state index contributed by atoms with van der Waals surface area (Å²) in [6.45, 7) is 4.44. The summed E-state index contributed by atoms with van der Waals surface area (Å²) in [6.07, 6.45) is 0.691. The highest BCUT2D eigenvalue weighted by molar-refractivity contribution is 6.05. The normalized spacial score (nSPS) is 10.8. The van der Waals surface area contributed by atoms with E-state index >= 15 is 0 Å². The Balaban J connectivity index is 2.75. The SMILES string of the molecule is CCOc1ccc2c(c1)c(C(=O)O)c(CC)n2C. The number of aromatic carboxylic acids is 1. The van der Waals surface area contributed by atoms with Crippen LogP contribution in [0.5, 0.6) is 5.75 Å². The third-order valence-corrected chi connectivity index (χ3v) is 3.15. The standard InChI is InChI=1S/C14H17NO3/c1-4-11-13(14(16)17)10-8-9(18-5-2)6-7-12(10)15(11)3/h6-8H,4-5H2,1-3H3,(H,16,17). The highest BCUT2D eigenvalue weighted by Gasteiger charge is 2.19. The number of ether oxygens (including phenoxy) is 1. The summed E-state index contributed by atoms with van der Waals surface area (Å²) in [5.41, 5.74) is 2.15. The molecule has 4 heteroatoms. The number of aromatic nitrogens is 1. The number of aryl methyl sites for hydroxylation is 1. The molecule has 0 saturated heterocycles. The lowest BCUT2D eigenvalue weighted by Gasteiger charge is -2.03. The average Bonchev–Trinajstić information content (AvgIpc) is 2.62. The number of fused-ring (bicyclic) bond motifs is 1. The van der Waals surface area contributed by atoms with Gasteiger partial charge in [0, 0.05) is 23.6 Å². The summed E-state index contributed by atoms with van der Waals surface area (Å²) < 4.78 is 7.37. The second kappa shape index (κ2) is 4.72. The maximum absolute atomic E-state index is 11.4. The van der Waals surface area contributed by atoms with Crippen LogP contribution in [0, 0.1) is 0 Å². The van der Waals surface area contributed by atoms with Crippen LogP contribution in [0.15, 0.2) is 18.2 Å². The van der Waals surface area contributed by atoms with Gasteiger partial charge >= 0.3 is 5.97 Å². The molecule has 0 atom stereocenters. The molecule has 96 valence electrons. The molecular formula is C14H17NO3. The lowest BCUT2D eigenvalue weighted by molar-refractivity contribution is 0.0697. The Bertz CT molecular complexity index is 599. The molecule has 0 bridgehead atoms. The van der Waals surface area contributed by atoms with E-state index in [-0.39, 0.29) is 0 Å². The fourth-order valence-electron chi connectivity index (χ4n) is 2.39. The summed E-state index contributed by atoms with van der Waals surface area (Å²) in [5, 5.41) is 10.1. The Morgan fingerprint density at radius 1 is 1.39 bits per heavy atom. The van der Waals surface area contributed by atoms with E-state index in [1.54, 1.807) is 6.07 Å². The van der Waals surface area contributed by atoms with Crippen LogP contribution in [0.1, 0.15) is 29.9 Å². The van der Waals surface area contributed by atoms with Crippen LogP contribution in [0.3, 0.4) is 0 Å². The molecule has 2 rings (SSSR count). The second-order valence-corrected chi connectivity index (χ2v) is 4.15. The van der Waals surface area contributed by atoms with Crippen LogP contribution in [0.2, 0.25) is 0 Å². The summed E-state index contributed by atoms with van der Waals surface area (Å²) in [6, 6.07) is 5.59. The molecule has 0 saturated carbocycles. The van der Waals surface area contributed by atoms with Crippen LogP contribution >= 0.6 is 0 Å². The minimum atomic E-state index is -0.883. The maximum Gasteiger partial charge on any atom is 0.338 e. The highest BCUT2D eigenvalue weighted by Crippen LogP contribution is 2.29. The molecule has 0 amide bonds. The van der Waals surface area contributed by atoms with E-state index in [9.17, 15) is 9.90 Å². The zero-order valence-electron chi connectivity index (χ0n) is 10.9. The van der Waals surface area contributed by atoms with Crippen LogP contribution in [-0.4, -0.2) is 22.2 Å². The topological polar surface area (TPSA) is 51.5 Å². The van der Waals surface area contributed by atoms with Gasteiger partial charge < -0.3 is 14.4 Å². The first kappa shape index (κ1) is 12.5. The monoisotopic (exact) mass is 247 g/mol. The zero-order valence-corrected chi connectivity index (χ0v) is 10.9. The van der Waals surface area contributed by atoms with E-state index in [1.165, 1.54) is 0 Å². The van der Waals surface area contributed by atoms with Gasteiger partial charge in [0.15, 0.2) is 0 Å². The summed E-state index contributed by atoms with van der Waals surface area (Å²) in [7, 11) is 1.90. The number of carboxylic acids is 1. The molecule has 1 N–H and O–H groups in total. The number of nitrogens with zero attached hydrogens (tertiary/aromatic N) is 1. The van der Waals surface area contributed by atoms with Crippen molar-refractivity contribution < 1.29 is 14.6 Å². The summed E-state index contributed by atoms with van der Waals surface area (Å²) in [4.78, 5) is 11.4. The predicted octanol–water partition coefficient (Wildman–Crippen LogP) is 2.84. The van der Waals surface area contributed by atoms with Crippen molar-refractivity contribution in [1.29, 1.82) is 0 Å². The maximum atomic E-state index is 11.4. The van der Waals surface area contributed by atoms with Crippen molar-refractivity contribution in [1.82, 2.24) is 4.57 Å². The Kier molecular flexibility index (Phi) is 3.28. The van der Waals surface area contributed by atoms with Crippen molar-refractivity contribution in [2.75, 3.05) is 6.61 Å². The van der Waals surface area contributed by atoms with E-state index < -0.39 is 5.97 Å². The van der Waals surface area contributed by atoms with Gasteiger partial charge in [-0.1, -0.05) is 6.92 Å². The Morgan fingerprint density at radius 2 is 2.11 bits per heavy atom. The molecule has 0 aliphatic rings. The number of carboxylic acid groups (broad SMARTS) is 1. The van der Waals surface area contributed by atoms with E-state index in [4.69, 9.17) is 4.74 Å². The molecule has 4 nitrogen and oxygen atoms in total. The quantitative estimate of drug-likeness (QED) is 0.903. The third kappa shape index (κ3) is 1.83. The fourth-order valence-corrected chi connectivity index (χ4v) is 2.39. The minimum absolute atomic E-state index is 0.386. The van der Waals surface area contributed by atoms with Crippen molar-refractivity contribution >= 4 is 16.9 Å². The lowest BCUT2D eigenvalue weighted by Crippen LogP contribution is -2.02. The Hall–Kier alpha value is -1.97. The minimum Gasteiger partial charge on any atom is -0.494 e. The van der Waals surface area contributed by atoms with Crippen molar-refractivity contribution in [2.45, 2.75) is 20.3 Å². The van der Waals surface area contributed by atoms with Crippen molar-refractivity contribution in [3.05, 3.63) is 29.5 Å². The average molecular weight is 247 g/mol. The van der Waals surface area contributed by atoms with Gasteiger partial charge in [0.05, 0.1) is 12.2 Å². The smallest absolute Gasteiger partial charge is 0.338 e. The highest BCUT2D eigenvalue weighted by atomic mass is 16.5. The first-order chi connectivity index (χ1) is 8.60. The number of benzene rings is 1. The number of rotatable bonds is 4. The van der Waals surface area contributed by atoms with Gasteiger partial charge in [0.1, 0.15) is 5.75 Å². The molecule has 0 unspecified atom stereocenters. The van der Waals surface area contributed by atoms with Gasteiger partial charge in [0.25, 0.3) is 0 Å². The number of hydrogen-bond acceptors (Lipinski definition) is 2. The van der Waals surface area contributed by atoms with Gasteiger partial charge in [-0.2, -0.15) is 0 Å². The molecule has 1 heterocycles. The first-order valence-electron chi connectivity index (χ1n) is 6.07. The van der Waals surface area contributed by atoms with Crippen LogP contribution in [0.4, 0.5) is 0 Å². The van der Waals surface area contributed by atoms with E-state index in [0.717, 1.165) is 16.6 Å². The predicted molar refractivity (Wildman–Crippen MR) is 70.4 cm³/mol. The molecule has 1 aromatic heterocycles. The van der Waals surface area contributed by atoms with Gasteiger partial charge in [-0.25, -0.2) is 4.79 Å². The second-order valence-electron chi connectivity index (χ2n) is 4.15. The summed E-state index contributed by atoms with van der Waals surface area (Å²) >= 11 is 0. The molecule has 0 spiro atoms. The molecule has 1 aromatic carbocycles. The van der Waals surface area contributed by atoms with Gasteiger partial charge in [0.2, 0.25) is 0 Å². The van der Waals surface area contributed by atoms with E-state index in [0.29, 0.717) is 24.3 Å². The van der Waals surface area contributed by atoms with Crippen molar-refractivity contribution in [3.63, 3.8) is 0 Å². The van der Waals surface area contributed by atoms with Gasteiger partial charge in [-0.15, -0.1) is 0 Å². The molecule has 18 heavy (non-hydrogen) atoms. The largest absolute Gasteiger partial charge is 0.494 e. The molecular weight excluding hydrogens is 230 g/mol. The first-order valence-corrected chi connectivity index (χ1v) is 6.07. The van der Waals surface area contributed by atoms with E-state index in [1.807, 2.05) is 37.6 Å². The fraction of sp³-hybridized carbons (Fsp3) is 0.357. The zero-order chi connectivity index (χ0) is 13.3. The third-order valence-electron chi connectivity index (χ3n) is 3.15. The number of carbonyl (C=O) groups is 1. The van der Waals surface area contributed by atoms with Crippen molar-refractivity contribution in [3.8, 4) is 5.75 Å². The van der Waals surface area contributed by atoms with Gasteiger partial charge in [-0.05, 0) is 31.5 Å². The van der Waals surface area contributed by atoms with Gasteiger partial charge in [-0.3, -0.25) is 0 Å². The van der Waals surface area contributed by atoms with Crippen LogP contribution in [0.25, 0.3) is 10.9 Å². The molecule has 0 radical (unpaired) electrons. The van der Waals surface area contributed by atoms with E-state index in [2.05, 4.69) is 0 Å². The molecule has 0 fully saturated rings. The molecule has 0 aliphatic heterocycles.